The molecule has 1 aromatic rings. The average Bonchev–Trinajstić information content (AvgIpc) is 3.05. The van der Waals surface area contributed by atoms with E-state index in [4.69, 9.17) is 0 Å². The normalized spacial score (nSPS) is 16.2. The first-order valence-electron chi connectivity index (χ1n) is 6.22. The first kappa shape index (κ1) is 12.9. The van der Waals surface area contributed by atoms with E-state index in [9.17, 15) is 9.90 Å². The van der Waals surface area contributed by atoms with Gasteiger partial charge >= 0.3 is 5.97 Å². The Morgan fingerprint density at radius 3 is 2.72 bits per heavy atom. The Bertz CT molecular complexity index is 438. The molecule has 7 nitrogen and oxygen atoms in total. The number of aliphatic carboxylic acids is 1. The van der Waals surface area contributed by atoms with Crippen LogP contribution in [0.4, 0.5) is 0 Å². The molecule has 0 atom stereocenters. The zero-order chi connectivity index (χ0) is 13.3. The summed E-state index contributed by atoms with van der Waals surface area (Å²) < 4.78 is 1.82. The lowest BCUT2D eigenvalue weighted by Crippen LogP contribution is -2.49. The van der Waals surface area contributed by atoms with Gasteiger partial charge in [-0.3, -0.25) is 9.69 Å². The standard InChI is InChI=1S/C11H19N5O2/c1-4-15(11(2,3)10(17)18)7-9-12-13-14-16(9)8-5-6-8/h8H,4-7H2,1-3H3,(H,17,18). The molecule has 0 aliphatic heterocycles. The fourth-order valence-electron chi connectivity index (χ4n) is 1.93. The summed E-state index contributed by atoms with van der Waals surface area (Å²) in [6, 6.07) is 0.404. The first-order valence-corrected chi connectivity index (χ1v) is 6.22. The van der Waals surface area contributed by atoms with E-state index in [-0.39, 0.29) is 0 Å². The van der Waals surface area contributed by atoms with Gasteiger partial charge in [0.1, 0.15) is 5.54 Å². The summed E-state index contributed by atoms with van der Waals surface area (Å²) in [5.41, 5.74) is -0.922. The van der Waals surface area contributed by atoms with Crippen LogP contribution in [0, 0.1) is 0 Å². The van der Waals surface area contributed by atoms with E-state index in [1.54, 1.807) is 13.8 Å². The molecule has 0 bridgehead atoms. The van der Waals surface area contributed by atoms with E-state index in [1.807, 2.05) is 16.5 Å². The number of carboxylic acids is 1. The summed E-state index contributed by atoms with van der Waals surface area (Å²) in [4.78, 5) is 13.1. The molecule has 1 heterocycles. The predicted octanol–water partition coefficient (Wildman–Crippen LogP) is 0.693. The number of aromatic nitrogens is 4. The number of carboxylic acid groups (broad SMARTS) is 1. The summed E-state index contributed by atoms with van der Waals surface area (Å²) >= 11 is 0. The van der Waals surface area contributed by atoms with Crippen molar-refractivity contribution in [1.82, 2.24) is 25.1 Å². The lowest BCUT2D eigenvalue weighted by molar-refractivity contribution is -0.149. The van der Waals surface area contributed by atoms with Crippen molar-refractivity contribution in [3.8, 4) is 0 Å². The van der Waals surface area contributed by atoms with Gasteiger partial charge in [0.2, 0.25) is 0 Å². The van der Waals surface area contributed by atoms with Gasteiger partial charge in [-0.25, -0.2) is 4.68 Å². The summed E-state index contributed by atoms with van der Waals surface area (Å²) in [6.07, 6.45) is 2.21. The number of hydrogen-bond donors (Lipinski definition) is 1. The van der Waals surface area contributed by atoms with Crippen LogP contribution < -0.4 is 0 Å². The van der Waals surface area contributed by atoms with Crippen molar-refractivity contribution in [3.63, 3.8) is 0 Å². The Hall–Kier alpha value is -1.50. The Labute approximate surface area is 106 Å². The highest BCUT2D eigenvalue weighted by atomic mass is 16.4. The second kappa shape index (κ2) is 4.64. The highest BCUT2D eigenvalue weighted by molar-refractivity contribution is 5.77. The maximum Gasteiger partial charge on any atom is 0.323 e. The predicted molar refractivity (Wildman–Crippen MR) is 63.9 cm³/mol. The second-order valence-electron chi connectivity index (χ2n) is 5.15. The summed E-state index contributed by atoms with van der Waals surface area (Å²) in [5.74, 6) is -0.0940. The third kappa shape index (κ3) is 2.35. The topological polar surface area (TPSA) is 84.1 Å². The van der Waals surface area contributed by atoms with Crippen LogP contribution in [0.15, 0.2) is 0 Å². The van der Waals surface area contributed by atoms with Gasteiger partial charge in [0, 0.05) is 0 Å². The molecule has 2 rings (SSSR count). The van der Waals surface area contributed by atoms with E-state index in [0.29, 0.717) is 19.1 Å². The molecule has 1 aliphatic rings. The molecule has 18 heavy (non-hydrogen) atoms. The minimum atomic E-state index is -0.922. The van der Waals surface area contributed by atoms with Crippen molar-refractivity contribution in [2.45, 2.75) is 51.7 Å². The number of nitrogens with zero attached hydrogens (tertiary/aromatic N) is 5. The van der Waals surface area contributed by atoms with Gasteiger partial charge in [0.25, 0.3) is 0 Å². The lowest BCUT2D eigenvalue weighted by atomic mass is 10.0. The smallest absolute Gasteiger partial charge is 0.323 e. The Kier molecular flexibility index (Phi) is 3.34. The Morgan fingerprint density at radius 2 is 2.22 bits per heavy atom. The van der Waals surface area contributed by atoms with Crippen LogP contribution in [-0.2, 0) is 11.3 Å². The van der Waals surface area contributed by atoms with Crippen LogP contribution in [0.25, 0.3) is 0 Å². The third-order valence-corrected chi connectivity index (χ3v) is 3.48. The van der Waals surface area contributed by atoms with Crippen molar-refractivity contribution < 1.29 is 9.90 Å². The van der Waals surface area contributed by atoms with Gasteiger partial charge < -0.3 is 5.11 Å². The van der Waals surface area contributed by atoms with Gasteiger partial charge in [-0.2, -0.15) is 0 Å². The molecular weight excluding hydrogens is 234 g/mol. The van der Waals surface area contributed by atoms with E-state index < -0.39 is 11.5 Å². The van der Waals surface area contributed by atoms with Gasteiger partial charge in [0.15, 0.2) is 5.82 Å². The molecule has 100 valence electrons. The summed E-state index contributed by atoms with van der Waals surface area (Å²) in [6.45, 7) is 6.43. The van der Waals surface area contributed by atoms with Gasteiger partial charge in [-0.15, -0.1) is 5.10 Å². The number of carbonyl (C=O) groups is 1. The van der Waals surface area contributed by atoms with E-state index >= 15 is 0 Å². The molecule has 0 saturated heterocycles. The quantitative estimate of drug-likeness (QED) is 0.803. The fourth-order valence-corrected chi connectivity index (χ4v) is 1.93. The maximum absolute atomic E-state index is 11.3. The summed E-state index contributed by atoms with van der Waals surface area (Å²) in [5, 5.41) is 20.9. The van der Waals surface area contributed by atoms with Crippen molar-refractivity contribution in [1.29, 1.82) is 0 Å². The highest BCUT2D eigenvalue weighted by Gasteiger charge is 2.35. The third-order valence-electron chi connectivity index (χ3n) is 3.48. The Morgan fingerprint density at radius 1 is 1.56 bits per heavy atom. The monoisotopic (exact) mass is 253 g/mol. The molecule has 0 amide bonds. The van der Waals surface area contributed by atoms with Crippen LogP contribution in [0.1, 0.15) is 45.5 Å². The van der Waals surface area contributed by atoms with E-state index in [1.165, 1.54) is 0 Å². The second-order valence-corrected chi connectivity index (χ2v) is 5.15. The van der Waals surface area contributed by atoms with E-state index in [2.05, 4.69) is 15.5 Å². The first-order chi connectivity index (χ1) is 8.46. The molecule has 0 unspecified atom stereocenters. The number of tetrazole rings is 1. The number of hydrogen-bond acceptors (Lipinski definition) is 5. The number of likely N-dealkylation sites (N-methyl/N-ethyl adjacent to an activating group) is 1. The molecule has 0 aromatic carbocycles. The molecule has 1 aromatic heterocycles. The van der Waals surface area contributed by atoms with Crippen LogP contribution in [0.5, 0.6) is 0 Å². The van der Waals surface area contributed by atoms with Gasteiger partial charge in [-0.1, -0.05) is 6.92 Å². The minimum Gasteiger partial charge on any atom is -0.480 e. The minimum absolute atomic E-state index is 0.404. The number of rotatable bonds is 6. The molecule has 7 heteroatoms. The van der Waals surface area contributed by atoms with Crippen LogP contribution in [-0.4, -0.2) is 48.3 Å². The molecule has 1 aliphatic carbocycles. The van der Waals surface area contributed by atoms with E-state index in [0.717, 1.165) is 18.7 Å². The van der Waals surface area contributed by atoms with Crippen molar-refractivity contribution >= 4 is 5.97 Å². The van der Waals surface area contributed by atoms with Crippen LogP contribution in [0.3, 0.4) is 0 Å². The van der Waals surface area contributed by atoms with Crippen molar-refractivity contribution in [2.75, 3.05) is 6.54 Å². The highest BCUT2D eigenvalue weighted by Crippen LogP contribution is 2.34. The van der Waals surface area contributed by atoms with Crippen molar-refractivity contribution in [2.24, 2.45) is 0 Å². The van der Waals surface area contributed by atoms with Crippen LogP contribution >= 0.6 is 0 Å². The average molecular weight is 253 g/mol. The molecule has 0 spiro atoms. The maximum atomic E-state index is 11.3. The van der Waals surface area contributed by atoms with Crippen molar-refractivity contribution in [3.05, 3.63) is 5.82 Å². The largest absolute Gasteiger partial charge is 0.480 e. The van der Waals surface area contributed by atoms with Gasteiger partial charge in [-0.05, 0) is 43.7 Å². The van der Waals surface area contributed by atoms with Crippen LogP contribution in [0.2, 0.25) is 0 Å². The molecule has 1 fully saturated rings. The fraction of sp³-hybridized carbons (Fsp3) is 0.818. The molecule has 1 N–H and O–H groups in total. The van der Waals surface area contributed by atoms with Gasteiger partial charge in [0.05, 0.1) is 12.6 Å². The summed E-state index contributed by atoms with van der Waals surface area (Å²) in [7, 11) is 0. The molecule has 0 radical (unpaired) electrons. The SMILES string of the molecule is CCN(Cc1nnnn1C1CC1)C(C)(C)C(=O)O. The molecule has 1 saturated carbocycles. The molecular formula is C11H19N5O2. The Balaban J connectivity index is 2.15. The lowest BCUT2D eigenvalue weighted by Gasteiger charge is -2.33. The zero-order valence-electron chi connectivity index (χ0n) is 11.0. The zero-order valence-corrected chi connectivity index (χ0v) is 11.0.